The molecule has 1 aliphatic rings. The van der Waals surface area contributed by atoms with E-state index in [-0.39, 0.29) is 34.9 Å². The minimum absolute atomic E-state index is 0.0722. The van der Waals surface area contributed by atoms with Crippen LogP contribution in [0.3, 0.4) is 0 Å². The van der Waals surface area contributed by atoms with Crippen LogP contribution >= 0.6 is 0 Å². The molecule has 3 nitrogen and oxygen atoms in total. The molecule has 70 heavy (non-hydrogen) atoms. The zero-order chi connectivity index (χ0) is 49.4. The molecule has 0 radical (unpaired) electrons. The normalized spacial score (nSPS) is 14.0. The molecule has 0 saturated heterocycles. The molecule has 0 spiro atoms. The molecule has 2 heterocycles. The fourth-order valence-corrected chi connectivity index (χ4v) is 10.4. The van der Waals surface area contributed by atoms with Crippen LogP contribution in [0.1, 0.15) is 47.2 Å². The van der Waals surface area contributed by atoms with E-state index in [1.807, 2.05) is 42.5 Å². The molecule has 8 aromatic carbocycles. The van der Waals surface area contributed by atoms with Gasteiger partial charge in [-0.05, 0) is 89.3 Å². The van der Waals surface area contributed by atoms with Gasteiger partial charge in [0.1, 0.15) is 0 Å². The van der Waals surface area contributed by atoms with Gasteiger partial charge in [0.2, 0.25) is 0 Å². The average Bonchev–Trinajstić information content (AvgIpc) is 3.92. The number of anilines is 6. The number of fused-ring (bicyclic) bond motifs is 10. The van der Waals surface area contributed by atoms with Crippen LogP contribution in [0.2, 0.25) is 0 Å². The second kappa shape index (κ2) is 15.2. The molecular weight excluding hydrogens is 931 g/mol. The largest absolute Gasteiger partial charge is 0.416 e. The van der Waals surface area contributed by atoms with Gasteiger partial charge in [0.05, 0.1) is 50.4 Å². The van der Waals surface area contributed by atoms with Crippen molar-refractivity contribution in [2.45, 2.75) is 44.0 Å². The Balaban J connectivity index is 1.31. The Labute approximate surface area is 390 Å². The quantitative estimate of drug-likeness (QED) is 0.154. The van der Waals surface area contributed by atoms with Crippen molar-refractivity contribution in [3.05, 3.63) is 197 Å². The van der Waals surface area contributed by atoms with Crippen LogP contribution in [0.5, 0.6) is 0 Å². The van der Waals surface area contributed by atoms with Gasteiger partial charge in [-0.3, -0.25) is 0 Å². The Kier molecular flexibility index (Phi) is 9.70. The third-order valence-electron chi connectivity index (χ3n) is 13.3. The van der Waals surface area contributed by atoms with Crippen LogP contribution < -0.4 is 9.80 Å². The highest BCUT2D eigenvalue weighted by atomic mass is 19.4. The predicted octanol–water partition coefficient (Wildman–Crippen LogP) is 18.2. The first-order valence-corrected chi connectivity index (χ1v) is 21.7. The maximum absolute atomic E-state index is 14.6. The fraction of sp³-hybridized carbons (Fsp3) is 0.127. The number of hydrogen-bond donors (Lipinski definition) is 0. The second-order valence-electron chi connectivity index (χ2n) is 17.8. The van der Waals surface area contributed by atoms with Crippen LogP contribution in [-0.2, 0) is 30.1 Å². The lowest BCUT2D eigenvalue weighted by Crippen LogP contribution is -2.18. The summed E-state index contributed by atoms with van der Waals surface area (Å²) < 4.78 is 177. The van der Waals surface area contributed by atoms with Crippen molar-refractivity contribution in [3.8, 4) is 11.3 Å². The van der Waals surface area contributed by atoms with E-state index < -0.39 is 63.7 Å². The maximum Gasteiger partial charge on any atom is 0.416 e. The number of hydrogen-bond acceptors (Lipinski definition) is 2. The Bertz CT molecular complexity index is 3630. The molecule has 11 rings (SSSR count). The molecule has 15 heteroatoms. The summed E-state index contributed by atoms with van der Waals surface area (Å²) in [4.78, 5) is 2.73. The van der Waals surface area contributed by atoms with Crippen LogP contribution in [0.25, 0.3) is 49.2 Å². The van der Waals surface area contributed by atoms with Gasteiger partial charge in [-0.15, -0.1) is 0 Å². The Morgan fingerprint density at radius 2 is 0.843 bits per heavy atom. The van der Waals surface area contributed by atoms with E-state index in [2.05, 4.69) is 0 Å². The topological polar surface area (TPSA) is 10.9 Å². The smallest absolute Gasteiger partial charge is 0.310 e. The minimum atomic E-state index is -5.16. The summed E-state index contributed by atoms with van der Waals surface area (Å²) in [6.45, 7) is 3.93. The van der Waals surface area contributed by atoms with Gasteiger partial charge < -0.3 is 14.2 Å². The molecule has 10 aromatic rings. The number of halogens is 12. The lowest BCUT2D eigenvalue weighted by Gasteiger charge is -2.30. The summed E-state index contributed by atoms with van der Waals surface area (Å²) in [5, 5.41) is 2.76. The van der Waals surface area contributed by atoms with Crippen molar-refractivity contribution in [1.29, 1.82) is 0 Å². The third-order valence-corrected chi connectivity index (χ3v) is 13.3. The van der Waals surface area contributed by atoms with Crippen molar-refractivity contribution in [2.75, 3.05) is 9.80 Å². The van der Waals surface area contributed by atoms with Gasteiger partial charge >= 0.3 is 24.7 Å². The Morgan fingerprint density at radius 3 is 1.34 bits per heavy atom. The van der Waals surface area contributed by atoms with Crippen molar-refractivity contribution in [2.24, 2.45) is 0 Å². The molecule has 2 aromatic heterocycles. The molecule has 0 atom stereocenters. The first-order chi connectivity index (χ1) is 33.0. The Morgan fingerprint density at radius 1 is 0.400 bits per heavy atom. The lowest BCUT2D eigenvalue weighted by atomic mass is 9.81. The number of benzene rings is 8. The minimum Gasteiger partial charge on any atom is -0.310 e. The number of nitrogens with zero attached hydrogens (tertiary/aromatic N) is 3. The molecule has 0 bridgehead atoms. The van der Waals surface area contributed by atoms with E-state index in [1.54, 1.807) is 103 Å². The molecule has 0 N–H and O–H groups in total. The highest BCUT2D eigenvalue weighted by Crippen LogP contribution is 2.59. The first kappa shape index (κ1) is 44.8. The zero-order valence-electron chi connectivity index (χ0n) is 36.5. The first-order valence-electron chi connectivity index (χ1n) is 21.7. The molecule has 1 aliphatic carbocycles. The molecule has 0 amide bonds. The van der Waals surface area contributed by atoms with Gasteiger partial charge in [0.25, 0.3) is 0 Å². The number of rotatable bonds is 6. The number of aromatic nitrogens is 1. The van der Waals surface area contributed by atoms with E-state index in [1.165, 1.54) is 9.80 Å². The van der Waals surface area contributed by atoms with Crippen molar-refractivity contribution in [1.82, 2.24) is 4.40 Å². The monoisotopic (exact) mass is 963 g/mol. The molecule has 0 saturated carbocycles. The summed E-state index contributed by atoms with van der Waals surface area (Å²) in [5.74, 6) is 0. The highest BCUT2D eigenvalue weighted by Gasteiger charge is 2.44. The predicted molar refractivity (Wildman–Crippen MR) is 248 cm³/mol. The number of para-hydroxylation sites is 2. The average molecular weight is 964 g/mol. The molecular formula is C55H33F12N3. The number of alkyl halides is 12. The van der Waals surface area contributed by atoms with Crippen LogP contribution in [0, 0.1) is 0 Å². The van der Waals surface area contributed by atoms with Crippen molar-refractivity contribution < 1.29 is 52.7 Å². The van der Waals surface area contributed by atoms with E-state index in [4.69, 9.17) is 0 Å². The lowest BCUT2D eigenvalue weighted by molar-refractivity contribution is -0.144. The summed E-state index contributed by atoms with van der Waals surface area (Å²) in [6.07, 6.45) is -20.6. The maximum atomic E-state index is 14.6. The van der Waals surface area contributed by atoms with E-state index >= 15 is 0 Å². The van der Waals surface area contributed by atoms with Crippen LogP contribution in [0.15, 0.2) is 164 Å². The second-order valence-corrected chi connectivity index (χ2v) is 17.8. The van der Waals surface area contributed by atoms with Crippen molar-refractivity contribution in [3.63, 3.8) is 0 Å². The summed E-state index contributed by atoms with van der Waals surface area (Å²) in [5.41, 5.74) is -2.82. The van der Waals surface area contributed by atoms with E-state index in [0.717, 1.165) is 11.1 Å². The van der Waals surface area contributed by atoms with Gasteiger partial charge in [-0.25, -0.2) is 0 Å². The van der Waals surface area contributed by atoms with Gasteiger partial charge in [-0.1, -0.05) is 105 Å². The molecule has 0 unspecified atom stereocenters. The third kappa shape index (κ3) is 6.91. The van der Waals surface area contributed by atoms with E-state index in [9.17, 15) is 52.7 Å². The van der Waals surface area contributed by atoms with Crippen LogP contribution in [0.4, 0.5) is 86.8 Å². The fourth-order valence-electron chi connectivity index (χ4n) is 10.4. The van der Waals surface area contributed by atoms with Crippen molar-refractivity contribution >= 4 is 72.1 Å². The molecule has 0 aliphatic heterocycles. The summed E-state index contributed by atoms with van der Waals surface area (Å²) in [6, 6.07) is 38.5. The summed E-state index contributed by atoms with van der Waals surface area (Å²) in [7, 11) is 0. The van der Waals surface area contributed by atoms with Gasteiger partial charge in [-0.2, -0.15) is 52.7 Å². The Hall–Kier alpha value is -7.68. The van der Waals surface area contributed by atoms with E-state index in [0.29, 0.717) is 73.5 Å². The zero-order valence-corrected chi connectivity index (χ0v) is 36.5. The van der Waals surface area contributed by atoms with Gasteiger partial charge in [0, 0.05) is 55.3 Å². The van der Waals surface area contributed by atoms with Gasteiger partial charge in [0.15, 0.2) is 0 Å². The molecule has 0 fully saturated rings. The SMILES string of the molecule is CC1(C)c2ccccc2-c2c1c1c(N(c3ccccc3)c3cc(C(F)(F)F)cc(C(F)(F)F)c3)ccc3c4c5ccccc5c(N(c5ccccc5)c5cc(C(F)(F)F)cc(C(F)(F)F)c5)cc4n2c13. The molecule has 352 valence electrons. The van der Waals surface area contributed by atoms with Crippen LogP contribution in [-0.4, -0.2) is 4.40 Å². The summed E-state index contributed by atoms with van der Waals surface area (Å²) >= 11 is 0. The highest BCUT2D eigenvalue weighted by molar-refractivity contribution is 6.30. The standard InChI is InChI=1S/C55H33F12N3/c1-51(2)42-20-12-11-19-40(42)50-48(51)47-43(68(34-13-5-3-6-14-34)36-25-30(52(56,57)58)23-31(26-36)53(59,60)61)22-21-41-46-39-18-10-9-17-38(39)44(29-45(46)70(50)49(41)47)69(35-15-7-4-8-16-35)37-27-32(54(62,63)64)24-33(28-37)55(65,66)67/h3-29H,1-2H3.